The molecular weight excluding hydrogens is 338 g/mol. The molecule has 2 aliphatic carbocycles. The molecule has 2 saturated carbocycles. The Balaban J connectivity index is 1.35. The summed E-state index contributed by atoms with van der Waals surface area (Å²) in [6.07, 6.45) is 7.92. The summed E-state index contributed by atoms with van der Waals surface area (Å²) in [5.41, 5.74) is 1.36. The molecule has 134 valence electrons. The Labute approximate surface area is 150 Å². The number of carbonyl (C=O) groups excluding carboxylic acids is 1. The molecule has 0 spiro atoms. The number of aliphatic hydroxyl groups is 1. The number of carbonyl (C=O) groups is 1. The number of hydrogen-bond donors (Lipinski definition) is 2. The molecule has 6 nitrogen and oxygen atoms in total. The van der Waals surface area contributed by atoms with Crippen molar-refractivity contribution >= 4 is 27.6 Å². The zero-order valence-electron chi connectivity index (χ0n) is 14.1. The molecule has 25 heavy (non-hydrogen) atoms. The average Bonchev–Trinajstić information content (AvgIpc) is 3.40. The van der Waals surface area contributed by atoms with Crippen LogP contribution in [0.1, 0.15) is 59.8 Å². The normalized spacial score (nSPS) is 23.7. The highest BCUT2D eigenvalue weighted by atomic mass is 32.1. The molecule has 0 aromatic carbocycles. The van der Waals surface area contributed by atoms with Crippen molar-refractivity contribution in [3.8, 4) is 0 Å². The number of thiazole rings is 1. The SMILES string of the molecule is O=C(N[C@H]1CC[C@H](OCCO)CC1)c1cnc2nc(C3CC3)sc2c1. The lowest BCUT2D eigenvalue weighted by Gasteiger charge is -2.29. The molecule has 7 heteroatoms. The number of fused-ring (bicyclic) bond motifs is 1. The fraction of sp³-hybridized carbons (Fsp3) is 0.611. The Morgan fingerprint density at radius 1 is 1.28 bits per heavy atom. The first-order valence-electron chi connectivity index (χ1n) is 9.02. The van der Waals surface area contributed by atoms with E-state index in [0.717, 1.165) is 41.0 Å². The van der Waals surface area contributed by atoms with Crippen LogP contribution in [0, 0.1) is 0 Å². The Morgan fingerprint density at radius 2 is 2.08 bits per heavy atom. The number of nitrogens with one attached hydrogen (secondary N) is 1. The minimum atomic E-state index is -0.0597. The summed E-state index contributed by atoms with van der Waals surface area (Å²) in [4.78, 5) is 21.5. The predicted molar refractivity (Wildman–Crippen MR) is 95.9 cm³/mol. The second kappa shape index (κ2) is 7.35. The van der Waals surface area contributed by atoms with Crippen LogP contribution in [0.25, 0.3) is 10.3 Å². The molecule has 0 aliphatic heterocycles. The van der Waals surface area contributed by atoms with Gasteiger partial charge in [0, 0.05) is 18.2 Å². The van der Waals surface area contributed by atoms with Gasteiger partial charge in [-0.05, 0) is 44.6 Å². The number of ether oxygens (including phenoxy) is 1. The van der Waals surface area contributed by atoms with E-state index in [1.54, 1.807) is 17.5 Å². The van der Waals surface area contributed by atoms with E-state index in [4.69, 9.17) is 9.84 Å². The van der Waals surface area contributed by atoms with E-state index in [2.05, 4.69) is 15.3 Å². The maximum absolute atomic E-state index is 12.5. The average molecular weight is 361 g/mol. The number of aliphatic hydroxyl groups excluding tert-OH is 1. The van der Waals surface area contributed by atoms with Gasteiger partial charge in [0.05, 0.1) is 34.6 Å². The Morgan fingerprint density at radius 3 is 2.80 bits per heavy atom. The third kappa shape index (κ3) is 3.99. The fourth-order valence-electron chi connectivity index (χ4n) is 3.33. The third-order valence-corrected chi connectivity index (χ3v) is 6.06. The molecule has 2 N–H and O–H groups in total. The Bertz CT molecular complexity index is 751. The number of nitrogens with zero attached hydrogens (tertiary/aromatic N) is 2. The summed E-state index contributed by atoms with van der Waals surface area (Å²) >= 11 is 1.66. The molecule has 0 radical (unpaired) electrons. The molecule has 4 rings (SSSR count). The fourth-order valence-corrected chi connectivity index (χ4v) is 4.46. The van der Waals surface area contributed by atoms with Gasteiger partial charge in [-0.3, -0.25) is 4.79 Å². The second-order valence-corrected chi connectivity index (χ2v) is 7.98. The van der Waals surface area contributed by atoms with Gasteiger partial charge in [-0.25, -0.2) is 9.97 Å². The predicted octanol–water partition coefficient (Wildman–Crippen LogP) is 2.62. The highest BCUT2D eigenvalue weighted by Gasteiger charge is 2.28. The van der Waals surface area contributed by atoms with Crippen molar-refractivity contribution in [3.05, 3.63) is 22.8 Å². The summed E-state index contributed by atoms with van der Waals surface area (Å²) in [6, 6.07) is 2.10. The number of hydrogen-bond acceptors (Lipinski definition) is 6. The number of amides is 1. The summed E-state index contributed by atoms with van der Waals surface area (Å²) in [5.74, 6) is 0.551. The van der Waals surface area contributed by atoms with Gasteiger partial charge in [-0.1, -0.05) is 0 Å². The van der Waals surface area contributed by atoms with Gasteiger partial charge < -0.3 is 15.2 Å². The van der Waals surface area contributed by atoms with Crippen molar-refractivity contribution in [1.29, 1.82) is 0 Å². The van der Waals surface area contributed by atoms with Gasteiger partial charge in [0.2, 0.25) is 0 Å². The van der Waals surface area contributed by atoms with Crippen LogP contribution < -0.4 is 5.32 Å². The van der Waals surface area contributed by atoms with Gasteiger partial charge in [0.1, 0.15) is 0 Å². The molecule has 1 amide bonds. The first kappa shape index (κ1) is 16.9. The van der Waals surface area contributed by atoms with E-state index in [9.17, 15) is 4.79 Å². The molecule has 2 aromatic rings. The van der Waals surface area contributed by atoms with Crippen LogP contribution >= 0.6 is 11.3 Å². The van der Waals surface area contributed by atoms with E-state index in [0.29, 0.717) is 18.1 Å². The van der Waals surface area contributed by atoms with Crippen LogP contribution in [0.4, 0.5) is 0 Å². The van der Waals surface area contributed by atoms with Crippen LogP contribution in [-0.4, -0.2) is 46.3 Å². The molecule has 0 atom stereocenters. The largest absolute Gasteiger partial charge is 0.394 e. The molecule has 2 fully saturated rings. The quantitative estimate of drug-likeness (QED) is 0.826. The van der Waals surface area contributed by atoms with Crippen molar-refractivity contribution in [2.75, 3.05) is 13.2 Å². The first-order valence-corrected chi connectivity index (χ1v) is 9.84. The van der Waals surface area contributed by atoms with Gasteiger partial charge >= 0.3 is 0 Å². The van der Waals surface area contributed by atoms with Gasteiger partial charge in [0.15, 0.2) is 5.65 Å². The smallest absolute Gasteiger partial charge is 0.253 e. The zero-order valence-corrected chi connectivity index (χ0v) is 14.9. The molecule has 0 bridgehead atoms. The lowest BCUT2D eigenvalue weighted by molar-refractivity contribution is 0.00425. The lowest BCUT2D eigenvalue weighted by atomic mass is 9.93. The van der Waals surface area contributed by atoms with Gasteiger partial charge in [-0.15, -0.1) is 11.3 Å². The molecule has 2 aromatic heterocycles. The summed E-state index contributed by atoms with van der Waals surface area (Å²) in [6.45, 7) is 0.456. The summed E-state index contributed by atoms with van der Waals surface area (Å²) < 4.78 is 6.56. The Kier molecular flexibility index (Phi) is 4.96. The van der Waals surface area contributed by atoms with Crippen molar-refractivity contribution in [1.82, 2.24) is 15.3 Å². The summed E-state index contributed by atoms with van der Waals surface area (Å²) in [5, 5.41) is 13.1. The van der Waals surface area contributed by atoms with Crippen molar-refractivity contribution in [2.24, 2.45) is 0 Å². The number of pyridine rings is 1. The van der Waals surface area contributed by atoms with Crippen LogP contribution in [0.3, 0.4) is 0 Å². The molecule has 0 saturated heterocycles. The number of rotatable bonds is 6. The monoisotopic (exact) mass is 361 g/mol. The van der Waals surface area contributed by atoms with Gasteiger partial charge in [0.25, 0.3) is 5.91 Å². The topological polar surface area (TPSA) is 84.3 Å². The maximum Gasteiger partial charge on any atom is 0.253 e. The van der Waals surface area contributed by atoms with Crippen LogP contribution in [-0.2, 0) is 4.74 Å². The van der Waals surface area contributed by atoms with E-state index >= 15 is 0 Å². The minimum Gasteiger partial charge on any atom is -0.394 e. The van der Waals surface area contributed by atoms with Crippen LogP contribution in [0.5, 0.6) is 0 Å². The van der Waals surface area contributed by atoms with Gasteiger partial charge in [-0.2, -0.15) is 0 Å². The third-order valence-electron chi connectivity index (χ3n) is 4.91. The van der Waals surface area contributed by atoms with Crippen molar-refractivity contribution in [2.45, 2.75) is 56.6 Å². The summed E-state index contributed by atoms with van der Waals surface area (Å²) in [7, 11) is 0. The lowest BCUT2D eigenvalue weighted by Crippen LogP contribution is -2.39. The molecule has 2 heterocycles. The van der Waals surface area contributed by atoms with E-state index < -0.39 is 0 Å². The Hall–Kier alpha value is -1.57. The van der Waals surface area contributed by atoms with E-state index in [1.165, 1.54) is 12.8 Å². The van der Waals surface area contributed by atoms with E-state index in [-0.39, 0.29) is 24.7 Å². The highest BCUT2D eigenvalue weighted by Crippen LogP contribution is 2.43. The molecule has 0 unspecified atom stereocenters. The number of aromatic nitrogens is 2. The maximum atomic E-state index is 12.5. The first-order chi connectivity index (χ1) is 12.2. The minimum absolute atomic E-state index is 0.0597. The molecular formula is C18H23N3O3S. The van der Waals surface area contributed by atoms with Crippen LogP contribution in [0.2, 0.25) is 0 Å². The standard InChI is InChI=1S/C18H23N3O3S/c22-7-8-24-14-5-3-13(4-6-14)20-17(23)12-9-15-16(19-10-12)21-18(25-15)11-1-2-11/h9-11,13-14,22H,1-8H2,(H,20,23)/t13-,14-. The molecule has 2 aliphatic rings. The zero-order chi connectivity index (χ0) is 17.2. The van der Waals surface area contributed by atoms with Crippen molar-refractivity contribution < 1.29 is 14.6 Å². The second-order valence-electron chi connectivity index (χ2n) is 6.91. The highest BCUT2D eigenvalue weighted by molar-refractivity contribution is 7.18. The van der Waals surface area contributed by atoms with E-state index in [1.807, 2.05) is 6.07 Å². The van der Waals surface area contributed by atoms with Crippen LogP contribution in [0.15, 0.2) is 12.3 Å². The van der Waals surface area contributed by atoms with Crippen molar-refractivity contribution in [3.63, 3.8) is 0 Å².